The molecule has 1 aliphatic heterocycles. The zero-order valence-electron chi connectivity index (χ0n) is 14.2. The number of hydrogen-bond acceptors (Lipinski definition) is 2. The second-order valence-electron chi connectivity index (χ2n) is 7.98. The molecule has 3 rings (SSSR count). The van der Waals surface area contributed by atoms with E-state index in [1.54, 1.807) is 0 Å². The molecule has 122 valence electrons. The van der Waals surface area contributed by atoms with Gasteiger partial charge in [-0.05, 0) is 44.4 Å². The summed E-state index contributed by atoms with van der Waals surface area (Å²) >= 11 is 0. The van der Waals surface area contributed by atoms with Gasteiger partial charge in [0.15, 0.2) is 0 Å². The van der Waals surface area contributed by atoms with Crippen LogP contribution < -0.4 is 5.32 Å². The van der Waals surface area contributed by atoms with Gasteiger partial charge in [-0.3, -0.25) is 4.90 Å². The molecule has 0 spiro atoms. The van der Waals surface area contributed by atoms with E-state index in [4.69, 9.17) is 0 Å². The van der Waals surface area contributed by atoms with Crippen LogP contribution in [0.1, 0.15) is 84.0 Å². The molecular formula is C19H36N2. The monoisotopic (exact) mass is 292 g/mol. The van der Waals surface area contributed by atoms with Crippen molar-refractivity contribution < 1.29 is 0 Å². The van der Waals surface area contributed by atoms with Gasteiger partial charge in [0.1, 0.15) is 0 Å². The first-order valence-corrected chi connectivity index (χ1v) is 9.85. The fourth-order valence-corrected chi connectivity index (χ4v) is 5.15. The van der Waals surface area contributed by atoms with Gasteiger partial charge >= 0.3 is 0 Å². The van der Waals surface area contributed by atoms with Crippen LogP contribution in [0.5, 0.6) is 0 Å². The standard InChI is InChI=1S/C19H36N2/c1-2-8-16-13-18(20-17-9-6-7-10-17)15-21(14-16)19-11-4-3-5-12-19/h16-20H,2-15H2,1H3. The predicted octanol–water partition coefficient (Wildman–Crippen LogP) is 4.34. The van der Waals surface area contributed by atoms with Crippen molar-refractivity contribution in [3.05, 3.63) is 0 Å². The van der Waals surface area contributed by atoms with Gasteiger partial charge in [-0.25, -0.2) is 0 Å². The van der Waals surface area contributed by atoms with E-state index < -0.39 is 0 Å². The number of rotatable bonds is 5. The molecule has 3 fully saturated rings. The molecule has 3 aliphatic rings. The van der Waals surface area contributed by atoms with Crippen LogP contribution in [0, 0.1) is 5.92 Å². The molecule has 2 atom stereocenters. The number of likely N-dealkylation sites (tertiary alicyclic amines) is 1. The third kappa shape index (κ3) is 4.45. The van der Waals surface area contributed by atoms with Gasteiger partial charge in [0.05, 0.1) is 0 Å². The normalized spacial score (nSPS) is 33.6. The van der Waals surface area contributed by atoms with Crippen LogP contribution in [-0.4, -0.2) is 36.1 Å². The Bertz CT molecular complexity index is 292. The fraction of sp³-hybridized carbons (Fsp3) is 1.00. The Hall–Kier alpha value is -0.0800. The van der Waals surface area contributed by atoms with E-state index in [2.05, 4.69) is 17.1 Å². The first kappa shape index (κ1) is 15.8. The largest absolute Gasteiger partial charge is 0.310 e. The van der Waals surface area contributed by atoms with E-state index in [1.807, 2.05) is 0 Å². The van der Waals surface area contributed by atoms with Crippen molar-refractivity contribution in [2.75, 3.05) is 13.1 Å². The average Bonchev–Trinajstić information content (AvgIpc) is 3.01. The third-order valence-corrected chi connectivity index (χ3v) is 6.18. The van der Waals surface area contributed by atoms with Crippen LogP contribution in [0.2, 0.25) is 0 Å². The Morgan fingerprint density at radius 3 is 2.29 bits per heavy atom. The van der Waals surface area contributed by atoms with Gasteiger partial charge in [0.2, 0.25) is 0 Å². The van der Waals surface area contributed by atoms with E-state index in [1.165, 1.54) is 90.1 Å². The summed E-state index contributed by atoms with van der Waals surface area (Å²) in [6.07, 6.45) is 17.4. The van der Waals surface area contributed by atoms with Crippen molar-refractivity contribution in [2.45, 2.75) is 102 Å². The Kier molecular flexibility index (Phi) is 5.99. The minimum Gasteiger partial charge on any atom is -0.310 e. The van der Waals surface area contributed by atoms with Crippen molar-refractivity contribution in [1.82, 2.24) is 10.2 Å². The fourth-order valence-electron chi connectivity index (χ4n) is 5.15. The molecule has 2 saturated carbocycles. The molecule has 0 aromatic rings. The van der Waals surface area contributed by atoms with Crippen molar-refractivity contribution in [2.24, 2.45) is 5.92 Å². The highest BCUT2D eigenvalue weighted by atomic mass is 15.2. The van der Waals surface area contributed by atoms with Gasteiger partial charge in [-0.1, -0.05) is 45.4 Å². The van der Waals surface area contributed by atoms with Crippen LogP contribution in [0.3, 0.4) is 0 Å². The minimum absolute atomic E-state index is 0.778. The summed E-state index contributed by atoms with van der Waals surface area (Å²) in [5.41, 5.74) is 0. The summed E-state index contributed by atoms with van der Waals surface area (Å²) in [5, 5.41) is 4.03. The number of hydrogen-bond donors (Lipinski definition) is 1. The second-order valence-corrected chi connectivity index (χ2v) is 7.98. The molecule has 0 aromatic heterocycles. The van der Waals surface area contributed by atoms with E-state index >= 15 is 0 Å². The summed E-state index contributed by atoms with van der Waals surface area (Å²) in [7, 11) is 0. The SMILES string of the molecule is CCCC1CC(NC2CCCC2)CN(C2CCCCC2)C1. The lowest BCUT2D eigenvalue weighted by atomic mass is 9.86. The molecule has 2 aliphatic carbocycles. The maximum Gasteiger partial charge on any atom is 0.0200 e. The van der Waals surface area contributed by atoms with Crippen LogP contribution in [-0.2, 0) is 0 Å². The van der Waals surface area contributed by atoms with Crippen molar-refractivity contribution in [3.63, 3.8) is 0 Å². The van der Waals surface area contributed by atoms with Gasteiger partial charge < -0.3 is 5.32 Å². The van der Waals surface area contributed by atoms with E-state index in [9.17, 15) is 0 Å². The zero-order valence-corrected chi connectivity index (χ0v) is 14.2. The second kappa shape index (κ2) is 7.97. The molecule has 21 heavy (non-hydrogen) atoms. The van der Waals surface area contributed by atoms with Crippen molar-refractivity contribution in [3.8, 4) is 0 Å². The molecule has 0 bridgehead atoms. The lowest BCUT2D eigenvalue weighted by Crippen LogP contribution is -2.54. The van der Waals surface area contributed by atoms with Crippen molar-refractivity contribution >= 4 is 0 Å². The maximum absolute atomic E-state index is 4.03. The first-order valence-electron chi connectivity index (χ1n) is 9.85. The highest BCUT2D eigenvalue weighted by Gasteiger charge is 2.32. The minimum atomic E-state index is 0.778. The summed E-state index contributed by atoms with van der Waals surface area (Å²) in [4.78, 5) is 2.88. The molecule has 0 aromatic carbocycles. The molecule has 2 nitrogen and oxygen atoms in total. The lowest BCUT2D eigenvalue weighted by molar-refractivity contribution is 0.0712. The van der Waals surface area contributed by atoms with Gasteiger partial charge in [0.25, 0.3) is 0 Å². The molecule has 1 heterocycles. The summed E-state index contributed by atoms with van der Waals surface area (Å²) in [5.74, 6) is 0.949. The Labute approximate surface area is 132 Å². The number of nitrogens with zero attached hydrogens (tertiary/aromatic N) is 1. The molecule has 1 saturated heterocycles. The summed E-state index contributed by atoms with van der Waals surface area (Å²) in [6, 6.07) is 2.52. The highest BCUT2D eigenvalue weighted by Crippen LogP contribution is 2.30. The van der Waals surface area contributed by atoms with E-state index in [0.717, 1.165) is 24.0 Å². The predicted molar refractivity (Wildman–Crippen MR) is 90.6 cm³/mol. The first-order chi connectivity index (χ1) is 10.3. The topological polar surface area (TPSA) is 15.3 Å². The van der Waals surface area contributed by atoms with Crippen LogP contribution in [0.15, 0.2) is 0 Å². The van der Waals surface area contributed by atoms with Crippen LogP contribution in [0.25, 0.3) is 0 Å². The number of piperidine rings is 1. The average molecular weight is 293 g/mol. The van der Waals surface area contributed by atoms with E-state index in [-0.39, 0.29) is 0 Å². The molecule has 1 N–H and O–H groups in total. The Morgan fingerprint density at radius 2 is 1.57 bits per heavy atom. The van der Waals surface area contributed by atoms with Crippen LogP contribution in [0.4, 0.5) is 0 Å². The molecule has 0 radical (unpaired) electrons. The molecule has 2 heteroatoms. The highest BCUT2D eigenvalue weighted by molar-refractivity contribution is 4.90. The molecule has 2 unspecified atom stereocenters. The van der Waals surface area contributed by atoms with Crippen LogP contribution >= 0.6 is 0 Å². The third-order valence-electron chi connectivity index (χ3n) is 6.18. The molecular weight excluding hydrogens is 256 g/mol. The zero-order chi connectivity index (χ0) is 14.5. The Balaban J connectivity index is 1.57. The summed E-state index contributed by atoms with van der Waals surface area (Å²) < 4.78 is 0. The molecule has 0 amide bonds. The number of nitrogens with one attached hydrogen (secondary N) is 1. The Morgan fingerprint density at radius 1 is 0.857 bits per heavy atom. The quantitative estimate of drug-likeness (QED) is 0.811. The van der Waals surface area contributed by atoms with Gasteiger partial charge in [0, 0.05) is 31.2 Å². The van der Waals surface area contributed by atoms with Gasteiger partial charge in [-0.15, -0.1) is 0 Å². The van der Waals surface area contributed by atoms with E-state index in [0.29, 0.717) is 0 Å². The van der Waals surface area contributed by atoms with Gasteiger partial charge in [-0.2, -0.15) is 0 Å². The lowest BCUT2D eigenvalue weighted by Gasteiger charge is -2.44. The smallest absolute Gasteiger partial charge is 0.0200 e. The van der Waals surface area contributed by atoms with Crippen molar-refractivity contribution in [1.29, 1.82) is 0 Å². The summed E-state index contributed by atoms with van der Waals surface area (Å²) in [6.45, 7) is 5.09. The maximum atomic E-state index is 4.03.